The van der Waals surface area contributed by atoms with E-state index in [-0.39, 0.29) is 11.9 Å². The van der Waals surface area contributed by atoms with Crippen LogP contribution in [0.2, 0.25) is 0 Å². The second kappa shape index (κ2) is 6.59. The van der Waals surface area contributed by atoms with Crippen LogP contribution in [0.25, 0.3) is 0 Å². The van der Waals surface area contributed by atoms with E-state index in [2.05, 4.69) is 22.9 Å². The summed E-state index contributed by atoms with van der Waals surface area (Å²) in [4.78, 5) is 14.7. The lowest BCUT2D eigenvalue weighted by atomic mass is 9.93. The van der Waals surface area contributed by atoms with Gasteiger partial charge in [0, 0.05) is 17.1 Å². The maximum absolute atomic E-state index is 12.8. The number of benzene rings is 1. The third-order valence-electron chi connectivity index (χ3n) is 3.97. The Balaban J connectivity index is 2.25. The minimum Gasteiger partial charge on any atom is -0.496 e. The summed E-state index contributed by atoms with van der Waals surface area (Å²) in [6.45, 7) is 3.46. The first-order valence-corrected chi connectivity index (χ1v) is 7.70. The zero-order valence-electron chi connectivity index (χ0n) is 11.9. The highest BCUT2D eigenvalue weighted by Gasteiger charge is 2.30. The Kier molecular flexibility index (Phi) is 5.05. The molecule has 1 heterocycles. The molecule has 0 radical (unpaired) electrons. The molecule has 1 aliphatic heterocycles. The Morgan fingerprint density at radius 1 is 1.50 bits per heavy atom. The molecule has 0 aromatic heterocycles. The molecular formula is C15H21BrN2O2. The zero-order chi connectivity index (χ0) is 14.7. The van der Waals surface area contributed by atoms with Crippen LogP contribution in [-0.2, 0) is 0 Å². The molecule has 1 aromatic rings. The predicted octanol–water partition coefficient (Wildman–Crippen LogP) is 2.66. The van der Waals surface area contributed by atoms with Crippen molar-refractivity contribution in [3.05, 3.63) is 28.2 Å². The Hall–Kier alpha value is -1.07. The number of amides is 1. The van der Waals surface area contributed by atoms with Gasteiger partial charge in [0.25, 0.3) is 5.91 Å². The van der Waals surface area contributed by atoms with Gasteiger partial charge in [-0.2, -0.15) is 0 Å². The van der Waals surface area contributed by atoms with Gasteiger partial charge in [-0.15, -0.1) is 0 Å². The molecule has 0 bridgehead atoms. The number of hydrogen-bond acceptors (Lipinski definition) is 3. The molecule has 5 heteroatoms. The van der Waals surface area contributed by atoms with Crippen LogP contribution < -0.4 is 10.5 Å². The molecule has 0 aliphatic carbocycles. The smallest absolute Gasteiger partial charge is 0.257 e. The third-order valence-corrected chi connectivity index (χ3v) is 4.46. The number of ether oxygens (including phenoxy) is 1. The Labute approximate surface area is 128 Å². The van der Waals surface area contributed by atoms with Crippen LogP contribution in [-0.4, -0.2) is 37.0 Å². The van der Waals surface area contributed by atoms with E-state index in [4.69, 9.17) is 10.5 Å². The lowest BCUT2D eigenvalue weighted by Crippen LogP contribution is -2.47. The minimum atomic E-state index is 0.0278. The molecule has 2 N–H and O–H groups in total. The van der Waals surface area contributed by atoms with Crippen LogP contribution in [0.4, 0.5) is 0 Å². The second-order valence-electron chi connectivity index (χ2n) is 5.33. The fourth-order valence-corrected chi connectivity index (χ4v) is 2.99. The van der Waals surface area contributed by atoms with Crippen molar-refractivity contribution in [2.24, 2.45) is 11.7 Å². The van der Waals surface area contributed by atoms with Crippen LogP contribution in [0.3, 0.4) is 0 Å². The molecule has 0 saturated carbocycles. The second-order valence-corrected chi connectivity index (χ2v) is 6.25. The number of carbonyl (C=O) groups excluding carboxylic acids is 1. The molecule has 2 unspecified atom stereocenters. The highest BCUT2D eigenvalue weighted by atomic mass is 79.9. The molecule has 1 aromatic carbocycles. The molecular weight excluding hydrogens is 320 g/mol. The fraction of sp³-hybridized carbons (Fsp3) is 0.533. The van der Waals surface area contributed by atoms with Gasteiger partial charge in [0.05, 0.1) is 12.7 Å². The van der Waals surface area contributed by atoms with Crippen molar-refractivity contribution >= 4 is 21.8 Å². The Morgan fingerprint density at radius 3 is 2.90 bits per heavy atom. The van der Waals surface area contributed by atoms with Crippen molar-refractivity contribution in [3.8, 4) is 5.75 Å². The standard InChI is InChI=1S/C15H21BrN2O2/c1-10-3-4-11(8-17)9-18(10)15(19)13-6-5-12(16)7-14(13)20-2/h5-7,10-11H,3-4,8-9,17H2,1-2H3. The van der Waals surface area contributed by atoms with Gasteiger partial charge in [0.15, 0.2) is 0 Å². The molecule has 1 aliphatic rings. The number of piperidine rings is 1. The third kappa shape index (κ3) is 3.15. The first-order chi connectivity index (χ1) is 9.56. The van der Waals surface area contributed by atoms with Gasteiger partial charge in [0.1, 0.15) is 5.75 Å². The van der Waals surface area contributed by atoms with Gasteiger partial charge < -0.3 is 15.4 Å². The van der Waals surface area contributed by atoms with Gasteiger partial charge in [-0.25, -0.2) is 0 Å². The van der Waals surface area contributed by atoms with Crippen molar-refractivity contribution in [1.29, 1.82) is 0 Å². The summed E-state index contributed by atoms with van der Waals surface area (Å²) in [6.07, 6.45) is 2.10. The first kappa shape index (κ1) is 15.3. The van der Waals surface area contributed by atoms with E-state index in [1.54, 1.807) is 7.11 Å². The van der Waals surface area contributed by atoms with Crippen LogP contribution >= 0.6 is 15.9 Å². The number of nitrogens with two attached hydrogens (primary N) is 1. The highest BCUT2D eigenvalue weighted by molar-refractivity contribution is 9.10. The molecule has 4 nitrogen and oxygen atoms in total. The van der Waals surface area contributed by atoms with Crippen LogP contribution in [0.5, 0.6) is 5.75 Å². The van der Waals surface area contributed by atoms with E-state index >= 15 is 0 Å². The lowest BCUT2D eigenvalue weighted by Gasteiger charge is -2.38. The number of nitrogens with zero attached hydrogens (tertiary/aromatic N) is 1. The van der Waals surface area contributed by atoms with Gasteiger partial charge in [0.2, 0.25) is 0 Å². The number of hydrogen-bond donors (Lipinski definition) is 1. The summed E-state index contributed by atoms with van der Waals surface area (Å²) in [7, 11) is 1.58. The normalized spacial score (nSPS) is 22.7. The molecule has 1 amide bonds. The first-order valence-electron chi connectivity index (χ1n) is 6.91. The molecule has 1 fully saturated rings. The predicted molar refractivity (Wildman–Crippen MR) is 83.0 cm³/mol. The number of carbonyl (C=O) groups is 1. The summed E-state index contributed by atoms with van der Waals surface area (Å²) >= 11 is 3.39. The van der Waals surface area contributed by atoms with Crippen molar-refractivity contribution in [2.75, 3.05) is 20.2 Å². The molecule has 1 saturated heterocycles. The maximum atomic E-state index is 12.8. The highest BCUT2D eigenvalue weighted by Crippen LogP contribution is 2.28. The Bertz CT molecular complexity index is 493. The number of likely N-dealkylation sites (tertiary alicyclic amines) is 1. The molecule has 0 spiro atoms. The average molecular weight is 341 g/mol. The van der Waals surface area contributed by atoms with Crippen molar-refractivity contribution < 1.29 is 9.53 Å². The monoisotopic (exact) mass is 340 g/mol. The summed E-state index contributed by atoms with van der Waals surface area (Å²) in [5.41, 5.74) is 6.37. The summed E-state index contributed by atoms with van der Waals surface area (Å²) in [5.74, 6) is 1.03. The van der Waals surface area contributed by atoms with Crippen molar-refractivity contribution in [1.82, 2.24) is 4.90 Å². The number of halogens is 1. The fourth-order valence-electron chi connectivity index (χ4n) is 2.65. The van der Waals surface area contributed by atoms with Crippen molar-refractivity contribution in [2.45, 2.75) is 25.8 Å². The minimum absolute atomic E-state index is 0.0278. The quantitative estimate of drug-likeness (QED) is 0.920. The van der Waals surface area contributed by atoms with Gasteiger partial charge in [-0.1, -0.05) is 15.9 Å². The van der Waals surface area contributed by atoms with Crippen LogP contribution in [0.15, 0.2) is 22.7 Å². The van der Waals surface area contributed by atoms with Gasteiger partial charge >= 0.3 is 0 Å². The van der Waals surface area contributed by atoms with E-state index in [1.165, 1.54) is 0 Å². The van der Waals surface area contributed by atoms with E-state index in [0.29, 0.717) is 23.8 Å². The van der Waals surface area contributed by atoms with E-state index in [1.807, 2.05) is 23.1 Å². The SMILES string of the molecule is COc1cc(Br)ccc1C(=O)N1CC(CN)CCC1C. The van der Waals surface area contributed by atoms with Crippen LogP contribution in [0.1, 0.15) is 30.1 Å². The number of rotatable bonds is 3. The van der Waals surface area contributed by atoms with Gasteiger partial charge in [-0.05, 0) is 50.4 Å². The zero-order valence-corrected chi connectivity index (χ0v) is 13.5. The van der Waals surface area contributed by atoms with Crippen LogP contribution in [0, 0.1) is 5.92 Å². The maximum Gasteiger partial charge on any atom is 0.257 e. The van der Waals surface area contributed by atoms with E-state index in [0.717, 1.165) is 23.9 Å². The van der Waals surface area contributed by atoms with E-state index < -0.39 is 0 Å². The molecule has 2 atom stereocenters. The largest absolute Gasteiger partial charge is 0.496 e. The summed E-state index contributed by atoms with van der Waals surface area (Å²) in [6, 6.07) is 5.75. The molecule has 110 valence electrons. The summed E-state index contributed by atoms with van der Waals surface area (Å²) in [5, 5.41) is 0. The molecule has 20 heavy (non-hydrogen) atoms. The van der Waals surface area contributed by atoms with Gasteiger partial charge in [-0.3, -0.25) is 4.79 Å². The number of methoxy groups -OCH3 is 1. The Morgan fingerprint density at radius 2 is 2.25 bits per heavy atom. The van der Waals surface area contributed by atoms with E-state index in [9.17, 15) is 4.79 Å². The topological polar surface area (TPSA) is 55.6 Å². The van der Waals surface area contributed by atoms with Crippen molar-refractivity contribution in [3.63, 3.8) is 0 Å². The average Bonchev–Trinajstić information content (AvgIpc) is 2.47. The molecule has 2 rings (SSSR count). The summed E-state index contributed by atoms with van der Waals surface area (Å²) < 4.78 is 6.22. The lowest BCUT2D eigenvalue weighted by molar-refractivity contribution is 0.0563.